The van der Waals surface area contributed by atoms with Crippen molar-refractivity contribution in [2.75, 3.05) is 6.54 Å². The topological polar surface area (TPSA) is 12.0 Å². The SMILES string of the molecule is CCNC(c1cccc(F)c1)c1ccc(Cl)cc1Br. The van der Waals surface area contributed by atoms with Crippen molar-refractivity contribution >= 4 is 27.5 Å². The Labute approximate surface area is 125 Å². The molecule has 0 radical (unpaired) electrons. The van der Waals surface area contributed by atoms with Gasteiger partial charge in [0.25, 0.3) is 0 Å². The van der Waals surface area contributed by atoms with E-state index >= 15 is 0 Å². The minimum absolute atomic E-state index is 0.0626. The molecule has 19 heavy (non-hydrogen) atoms. The summed E-state index contributed by atoms with van der Waals surface area (Å²) in [5.41, 5.74) is 1.93. The van der Waals surface area contributed by atoms with Gasteiger partial charge in [-0.25, -0.2) is 4.39 Å². The Balaban J connectivity index is 2.45. The summed E-state index contributed by atoms with van der Waals surface area (Å²) < 4.78 is 14.3. The van der Waals surface area contributed by atoms with Crippen LogP contribution in [-0.2, 0) is 0 Å². The molecule has 1 N–H and O–H groups in total. The lowest BCUT2D eigenvalue weighted by molar-refractivity contribution is 0.602. The van der Waals surface area contributed by atoms with Crippen molar-refractivity contribution in [1.29, 1.82) is 0 Å². The highest BCUT2D eigenvalue weighted by molar-refractivity contribution is 9.10. The zero-order valence-electron chi connectivity index (χ0n) is 10.5. The lowest BCUT2D eigenvalue weighted by atomic mass is 9.98. The van der Waals surface area contributed by atoms with E-state index in [0.29, 0.717) is 5.02 Å². The van der Waals surface area contributed by atoms with E-state index in [1.165, 1.54) is 6.07 Å². The van der Waals surface area contributed by atoms with Gasteiger partial charge < -0.3 is 5.32 Å². The fourth-order valence-corrected chi connectivity index (χ4v) is 2.94. The zero-order valence-corrected chi connectivity index (χ0v) is 12.8. The van der Waals surface area contributed by atoms with Gasteiger partial charge in [0, 0.05) is 9.50 Å². The molecule has 0 aliphatic heterocycles. The van der Waals surface area contributed by atoms with Gasteiger partial charge in [0.1, 0.15) is 5.82 Å². The summed E-state index contributed by atoms with van der Waals surface area (Å²) in [6, 6.07) is 12.2. The fraction of sp³-hybridized carbons (Fsp3) is 0.200. The molecule has 0 aromatic heterocycles. The summed E-state index contributed by atoms with van der Waals surface area (Å²) in [7, 11) is 0. The van der Waals surface area contributed by atoms with Crippen LogP contribution in [0.4, 0.5) is 4.39 Å². The molecule has 0 aliphatic rings. The molecule has 0 saturated heterocycles. The van der Waals surface area contributed by atoms with E-state index in [9.17, 15) is 4.39 Å². The van der Waals surface area contributed by atoms with Crippen LogP contribution >= 0.6 is 27.5 Å². The Bertz CT molecular complexity index is 574. The van der Waals surface area contributed by atoms with E-state index in [0.717, 1.165) is 22.1 Å². The lowest BCUT2D eigenvalue weighted by Crippen LogP contribution is -2.22. The maximum Gasteiger partial charge on any atom is 0.123 e. The molecule has 0 fully saturated rings. The Kier molecular flexibility index (Phi) is 4.97. The summed E-state index contributed by atoms with van der Waals surface area (Å²) in [5, 5.41) is 4.03. The quantitative estimate of drug-likeness (QED) is 0.830. The van der Waals surface area contributed by atoms with Gasteiger partial charge in [-0.15, -0.1) is 0 Å². The van der Waals surface area contributed by atoms with E-state index in [1.807, 2.05) is 31.2 Å². The molecule has 0 amide bonds. The van der Waals surface area contributed by atoms with Crippen molar-refractivity contribution < 1.29 is 4.39 Å². The molecule has 0 bridgehead atoms. The van der Waals surface area contributed by atoms with E-state index < -0.39 is 0 Å². The number of hydrogen-bond donors (Lipinski definition) is 1. The second-order valence-electron chi connectivity index (χ2n) is 4.21. The average Bonchev–Trinajstić information content (AvgIpc) is 2.37. The molecule has 1 unspecified atom stereocenters. The third-order valence-corrected chi connectivity index (χ3v) is 3.79. The molecular formula is C15H14BrClFN. The molecule has 1 nitrogen and oxygen atoms in total. The monoisotopic (exact) mass is 341 g/mol. The molecular weight excluding hydrogens is 329 g/mol. The Morgan fingerprint density at radius 2 is 2.05 bits per heavy atom. The second kappa shape index (κ2) is 6.51. The van der Waals surface area contributed by atoms with Gasteiger partial charge in [0.05, 0.1) is 6.04 Å². The summed E-state index contributed by atoms with van der Waals surface area (Å²) in [5.74, 6) is -0.231. The standard InChI is InChI=1S/C15H14BrClFN/c1-2-19-15(10-4-3-5-12(18)8-10)13-7-6-11(17)9-14(13)16/h3-9,15,19H,2H2,1H3. The van der Waals surface area contributed by atoms with Crippen LogP contribution in [0.2, 0.25) is 5.02 Å². The third-order valence-electron chi connectivity index (χ3n) is 2.86. The third kappa shape index (κ3) is 3.56. The van der Waals surface area contributed by atoms with Crippen molar-refractivity contribution in [3.63, 3.8) is 0 Å². The van der Waals surface area contributed by atoms with Crippen LogP contribution in [0.15, 0.2) is 46.9 Å². The predicted octanol–water partition coefficient (Wildman–Crippen LogP) is 4.94. The minimum Gasteiger partial charge on any atom is -0.306 e. The van der Waals surface area contributed by atoms with E-state index in [-0.39, 0.29) is 11.9 Å². The molecule has 2 rings (SSSR count). The van der Waals surface area contributed by atoms with Gasteiger partial charge in [-0.2, -0.15) is 0 Å². The maximum atomic E-state index is 13.4. The number of rotatable bonds is 4. The summed E-state index contributed by atoms with van der Waals surface area (Å²) in [6.07, 6.45) is 0. The first-order chi connectivity index (χ1) is 9.11. The molecule has 0 aliphatic carbocycles. The number of benzene rings is 2. The number of halogens is 3. The van der Waals surface area contributed by atoms with E-state index in [4.69, 9.17) is 11.6 Å². The molecule has 2 aromatic rings. The van der Waals surface area contributed by atoms with Crippen molar-refractivity contribution in [3.05, 3.63) is 68.9 Å². The summed E-state index contributed by atoms with van der Waals surface area (Å²) in [6.45, 7) is 2.81. The molecule has 0 spiro atoms. The fourth-order valence-electron chi connectivity index (χ4n) is 2.03. The molecule has 2 aromatic carbocycles. The summed E-state index contributed by atoms with van der Waals surface area (Å²) in [4.78, 5) is 0. The number of nitrogens with one attached hydrogen (secondary N) is 1. The molecule has 0 heterocycles. The van der Waals surface area contributed by atoms with Crippen molar-refractivity contribution in [1.82, 2.24) is 5.32 Å². The highest BCUT2D eigenvalue weighted by Crippen LogP contribution is 2.30. The van der Waals surface area contributed by atoms with Crippen LogP contribution < -0.4 is 5.32 Å². The molecule has 0 saturated carbocycles. The van der Waals surface area contributed by atoms with Gasteiger partial charge in [-0.3, -0.25) is 0 Å². The largest absolute Gasteiger partial charge is 0.306 e. The van der Waals surface area contributed by atoms with Crippen molar-refractivity contribution in [2.45, 2.75) is 13.0 Å². The first-order valence-electron chi connectivity index (χ1n) is 6.05. The lowest BCUT2D eigenvalue weighted by Gasteiger charge is -2.20. The number of hydrogen-bond acceptors (Lipinski definition) is 1. The highest BCUT2D eigenvalue weighted by atomic mass is 79.9. The Morgan fingerprint density at radius 3 is 2.68 bits per heavy atom. The maximum absolute atomic E-state index is 13.4. The first kappa shape index (κ1) is 14.5. The molecule has 4 heteroatoms. The van der Waals surface area contributed by atoms with Crippen molar-refractivity contribution in [3.8, 4) is 0 Å². The smallest absolute Gasteiger partial charge is 0.123 e. The van der Waals surface area contributed by atoms with Crippen LogP contribution in [0.25, 0.3) is 0 Å². The summed E-state index contributed by atoms with van der Waals surface area (Å²) >= 11 is 9.47. The first-order valence-corrected chi connectivity index (χ1v) is 7.22. The van der Waals surface area contributed by atoms with Gasteiger partial charge in [-0.05, 0) is 41.9 Å². The van der Waals surface area contributed by atoms with Crippen LogP contribution in [0, 0.1) is 5.82 Å². The Morgan fingerprint density at radius 1 is 1.26 bits per heavy atom. The normalized spacial score (nSPS) is 12.4. The zero-order chi connectivity index (χ0) is 13.8. The second-order valence-corrected chi connectivity index (χ2v) is 5.50. The van der Waals surface area contributed by atoms with Crippen LogP contribution in [0.3, 0.4) is 0 Å². The molecule has 100 valence electrons. The van der Waals surface area contributed by atoms with Gasteiger partial charge in [0.15, 0.2) is 0 Å². The van der Waals surface area contributed by atoms with Crippen LogP contribution in [0.1, 0.15) is 24.1 Å². The average molecular weight is 343 g/mol. The van der Waals surface area contributed by atoms with E-state index in [1.54, 1.807) is 12.1 Å². The minimum atomic E-state index is -0.231. The van der Waals surface area contributed by atoms with Crippen LogP contribution in [-0.4, -0.2) is 6.54 Å². The highest BCUT2D eigenvalue weighted by Gasteiger charge is 2.16. The Hall–Kier alpha value is -0.900. The van der Waals surface area contributed by atoms with Crippen molar-refractivity contribution in [2.24, 2.45) is 0 Å². The van der Waals surface area contributed by atoms with Gasteiger partial charge in [0.2, 0.25) is 0 Å². The predicted molar refractivity (Wildman–Crippen MR) is 81.1 cm³/mol. The van der Waals surface area contributed by atoms with Gasteiger partial charge >= 0.3 is 0 Å². The van der Waals surface area contributed by atoms with Crippen LogP contribution in [0.5, 0.6) is 0 Å². The van der Waals surface area contributed by atoms with Gasteiger partial charge in [-0.1, -0.05) is 52.7 Å². The molecule has 1 atom stereocenters. The van der Waals surface area contributed by atoms with E-state index in [2.05, 4.69) is 21.2 Å².